The van der Waals surface area contributed by atoms with Crippen molar-refractivity contribution in [2.24, 2.45) is 0 Å². The summed E-state index contributed by atoms with van der Waals surface area (Å²) in [5.41, 5.74) is 3.89. The fourth-order valence-corrected chi connectivity index (χ4v) is 4.26. The van der Waals surface area contributed by atoms with Crippen molar-refractivity contribution in [2.75, 3.05) is 19.0 Å². The van der Waals surface area contributed by atoms with Crippen LogP contribution < -0.4 is 9.64 Å². The summed E-state index contributed by atoms with van der Waals surface area (Å²) in [4.78, 5) is 11.2. The van der Waals surface area contributed by atoms with E-state index in [1.165, 1.54) is 5.39 Å². The van der Waals surface area contributed by atoms with Gasteiger partial charge in [0.2, 0.25) is 5.88 Å². The van der Waals surface area contributed by atoms with Gasteiger partial charge in [0.25, 0.3) is 0 Å². The van der Waals surface area contributed by atoms with E-state index in [0.717, 1.165) is 39.2 Å². The Labute approximate surface area is 224 Å². The second-order valence-electron chi connectivity index (χ2n) is 8.43. The van der Waals surface area contributed by atoms with Crippen LogP contribution in [-0.4, -0.2) is 28.6 Å². The number of nitrogens with zero attached hydrogens (tertiary/aromatic N) is 4. The van der Waals surface area contributed by atoms with Gasteiger partial charge in [-0.3, -0.25) is 0 Å². The molecule has 0 N–H and O–H groups in total. The zero-order valence-electron chi connectivity index (χ0n) is 19.8. The molecule has 0 aliphatic carbocycles. The van der Waals surface area contributed by atoms with Gasteiger partial charge in [0.1, 0.15) is 11.6 Å². The molecule has 0 aliphatic heterocycles. The van der Waals surface area contributed by atoms with Crippen molar-refractivity contribution in [2.45, 2.75) is 0 Å². The van der Waals surface area contributed by atoms with Crippen LogP contribution in [0.5, 0.6) is 11.6 Å². The van der Waals surface area contributed by atoms with E-state index in [-0.39, 0.29) is 21.1 Å². The molecule has 178 valence electrons. The Morgan fingerprint density at radius 1 is 0.750 bits per heavy atom. The van der Waals surface area contributed by atoms with Crippen LogP contribution in [0.1, 0.15) is 0 Å². The van der Waals surface area contributed by atoms with Crippen LogP contribution in [0.4, 0.5) is 5.82 Å². The number of rotatable bonds is 5. The average Bonchev–Trinajstić information content (AvgIpc) is 3.23. The standard InChI is InChI=1S/C30H22N4O.Pt/c1-33(2)28-13-8-14-29(32-28)34-26-12-4-3-11-24(26)25-17-16-22(20-27(25)34)21-9-7-10-23(19-21)35-30-15-5-6-18-31-30;/h3-18H,1-2H3;/q-2;+2. The molecule has 0 radical (unpaired) electrons. The van der Waals surface area contributed by atoms with Gasteiger partial charge in [0.05, 0.1) is 0 Å². The summed E-state index contributed by atoms with van der Waals surface area (Å²) in [5.74, 6) is 2.90. The third-order valence-electron chi connectivity index (χ3n) is 5.90. The monoisotopic (exact) mass is 649 g/mol. The molecule has 3 aromatic carbocycles. The van der Waals surface area contributed by atoms with E-state index in [2.05, 4.69) is 58.1 Å². The van der Waals surface area contributed by atoms with Crippen LogP contribution in [0, 0.1) is 12.1 Å². The van der Waals surface area contributed by atoms with Crippen LogP contribution in [-0.2, 0) is 21.1 Å². The molecule has 36 heavy (non-hydrogen) atoms. The smallest absolute Gasteiger partial charge is 0.460 e. The fourth-order valence-electron chi connectivity index (χ4n) is 4.26. The number of anilines is 1. The Kier molecular flexibility index (Phi) is 6.58. The number of para-hydroxylation sites is 1. The Morgan fingerprint density at radius 2 is 1.56 bits per heavy atom. The Hall–Kier alpha value is -3.95. The summed E-state index contributed by atoms with van der Waals surface area (Å²) in [6.07, 6.45) is 1.71. The second kappa shape index (κ2) is 9.96. The minimum absolute atomic E-state index is 0. The second-order valence-corrected chi connectivity index (χ2v) is 8.43. The molecule has 5 nitrogen and oxygen atoms in total. The van der Waals surface area contributed by atoms with E-state index in [4.69, 9.17) is 9.72 Å². The maximum Gasteiger partial charge on any atom is 2.00 e. The van der Waals surface area contributed by atoms with E-state index in [9.17, 15) is 0 Å². The summed E-state index contributed by atoms with van der Waals surface area (Å²) < 4.78 is 8.08. The first-order valence-corrected chi connectivity index (χ1v) is 11.4. The van der Waals surface area contributed by atoms with E-state index in [1.807, 2.05) is 73.6 Å². The number of pyridine rings is 2. The van der Waals surface area contributed by atoms with Crippen LogP contribution in [0.3, 0.4) is 0 Å². The van der Waals surface area contributed by atoms with Gasteiger partial charge in [-0.05, 0) is 35.2 Å². The van der Waals surface area contributed by atoms with Crippen molar-refractivity contribution in [3.05, 3.63) is 109 Å². The van der Waals surface area contributed by atoms with Gasteiger partial charge in [0.15, 0.2) is 0 Å². The minimum Gasteiger partial charge on any atom is -0.460 e. The molecule has 0 unspecified atom stereocenters. The summed E-state index contributed by atoms with van der Waals surface area (Å²) >= 11 is 0. The van der Waals surface area contributed by atoms with Crippen LogP contribution >= 0.6 is 0 Å². The van der Waals surface area contributed by atoms with E-state index >= 15 is 0 Å². The van der Waals surface area contributed by atoms with E-state index < -0.39 is 0 Å². The largest absolute Gasteiger partial charge is 2.00 e. The van der Waals surface area contributed by atoms with Crippen molar-refractivity contribution in [3.8, 4) is 28.6 Å². The van der Waals surface area contributed by atoms with Gasteiger partial charge in [-0.25, -0.2) is 21.1 Å². The molecule has 0 fully saturated rings. The molecule has 0 bridgehead atoms. The summed E-state index contributed by atoms with van der Waals surface area (Å²) in [6.45, 7) is 0. The third kappa shape index (κ3) is 4.38. The molecule has 3 heterocycles. The van der Waals surface area contributed by atoms with E-state index in [1.54, 1.807) is 6.20 Å². The molecule has 0 spiro atoms. The molecule has 6 rings (SSSR count). The van der Waals surface area contributed by atoms with Crippen molar-refractivity contribution in [1.29, 1.82) is 0 Å². The first-order chi connectivity index (χ1) is 17.2. The first-order valence-electron chi connectivity index (χ1n) is 11.4. The number of aromatic nitrogens is 3. The average molecular weight is 650 g/mol. The Balaban J connectivity index is 0.00000267. The van der Waals surface area contributed by atoms with Crippen molar-refractivity contribution >= 4 is 27.6 Å². The van der Waals surface area contributed by atoms with Crippen molar-refractivity contribution < 1.29 is 25.8 Å². The maximum atomic E-state index is 5.90. The van der Waals surface area contributed by atoms with Gasteiger partial charge in [-0.2, -0.15) is 24.3 Å². The SMILES string of the molecule is CN(C)c1cccc(-n2c3[c-]c(-c4[c-]c(Oc5ccccn5)ccc4)ccc3c3ccccc32)n1.[Pt+2]. The molecule has 0 amide bonds. The van der Waals surface area contributed by atoms with Gasteiger partial charge in [-0.15, -0.1) is 18.2 Å². The molecule has 0 saturated heterocycles. The van der Waals surface area contributed by atoms with Crippen molar-refractivity contribution in [3.63, 3.8) is 0 Å². The number of hydrogen-bond acceptors (Lipinski definition) is 4. The zero-order valence-corrected chi connectivity index (χ0v) is 22.0. The fraction of sp³-hybridized carbons (Fsp3) is 0.0667. The first kappa shape index (κ1) is 23.8. The molecular weight excluding hydrogens is 627 g/mol. The van der Waals surface area contributed by atoms with Gasteiger partial charge < -0.3 is 14.2 Å². The van der Waals surface area contributed by atoms with Crippen LogP contribution in [0.2, 0.25) is 0 Å². The molecule has 6 aromatic rings. The van der Waals surface area contributed by atoms with Gasteiger partial charge in [-0.1, -0.05) is 35.7 Å². The van der Waals surface area contributed by atoms with Gasteiger partial charge in [0, 0.05) is 37.6 Å². The quantitative estimate of drug-likeness (QED) is 0.195. The van der Waals surface area contributed by atoms with Crippen LogP contribution in [0.25, 0.3) is 38.8 Å². The molecular formula is C30H22N4OPt. The topological polar surface area (TPSA) is 43.2 Å². The Morgan fingerprint density at radius 3 is 2.39 bits per heavy atom. The Bertz CT molecular complexity index is 1660. The molecule has 0 aliphatic rings. The summed E-state index contributed by atoms with van der Waals surface area (Å²) in [5, 5.41) is 2.29. The van der Waals surface area contributed by atoms with E-state index in [0.29, 0.717) is 11.6 Å². The molecule has 0 saturated carbocycles. The third-order valence-corrected chi connectivity index (χ3v) is 5.90. The number of hydrogen-bond donors (Lipinski definition) is 0. The minimum atomic E-state index is 0. The van der Waals surface area contributed by atoms with Crippen molar-refractivity contribution in [1.82, 2.24) is 14.5 Å². The van der Waals surface area contributed by atoms with Gasteiger partial charge >= 0.3 is 21.1 Å². The molecule has 3 aromatic heterocycles. The predicted octanol–water partition coefficient (Wildman–Crippen LogP) is 6.70. The summed E-state index contributed by atoms with van der Waals surface area (Å²) in [7, 11) is 4.00. The van der Waals surface area contributed by atoms with Crippen LogP contribution in [0.15, 0.2) is 97.2 Å². The normalized spacial score (nSPS) is 10.8. The number of ether oxygens (including phenoxy) is 1. The zero-order chi connectivity index (χ0) is 23.8. The number of fused-ring (bicyclic) bond motifs is 3. The predicted molar refractivity (Wildman–Crippen MR) is 140 cm³/mol. The molecule has 0 atom stereocenters. The maximum absolute atomic E-state index is 5.90. The number of benzene rings is 3. The summed E-state index contributed by atoms with van der Waals surface area (Å²) in [6, 6.07) is 37.1. The molecule has 6 heteroatoms.